The Morgan fingerprint density at radius 3 is 2.54 bits per heavy atom. The van der Waals surface area contributed by atoms with Gasteiger partial charge in [-0.1, -0.05) is 26.0 Å². The van der Waals surface area contributed by atoms with Crippen LogP contribution in [0.5, 0.6) is 0 Å². The van der Waals surface area contributed by atoms with Crippen LogP contribution in [-0.4, -0.2) is 61.7 Å². The van der Waals surface area contributed by atoms with E-state index >= 15 is 0 Å². The van der Waals surface area contributed by atoms with E-state index in [0.717, 1.165) is 0 Å². The lowest BCUT2D eigenvalue weighted by Crippen LogP contribution is -2.65. The van der Waals surface area contributed by atoms with Crippen molar-refractivity contribution in [3.05, 3.63) is 23.3 Å². The van der Waals surface area contributed by atoms with Gasteiger partial charge < -0.3 is 25.2 Å². The fourth-order valence-electron chi connectivity index (χ4n) is 7.24. The maximum Gasteiger partial charge on any atom is 0.307 e. The van der Waals surface area contributed by atoms with Gasteiger partial charge in [0.05, 0.1) is 24.7 Å². The monoisotopic (exact) mass is 390 g/mol. The largest absolute Gasteiger partial charge is 0.455 e. The summed E-state index contributed by atoms with van der Waals surface area (Å²) in [4.78, 5) is 24.8. The Hall–Kier alpha value is -1.54. The quantitative estimate of drug-likeness (QED) is 0.363. The SMILES string of the molecule is CC1=CC2[C@@]3(O)[C@H](C)[C@@H](O)[C@@]45OC(=O)CC4(C)[C@H]5[C@@H]3C=C(CO)C[C@]2(O)C1=O. The number of aliphatic hydroxyl groups excluding tert-OH is 2. The second kappa shape index (κ2) is 4.95. The van der Waals surface area contributed by atoms with Gasteiger partial charge in [-0.25, -0.2) is 0 Å². The van der Waals surface area contributed by atoms with Crippen LogP contribution in [0.3, 0.4) is 0 Å². The molecule has 2 saturated carbocycles. The number of fused-ring (bicyclic) bond motifs is 5. The van der Waals surface area contributed by atoms with Crippen molar-refractivity contribution >= 4 is 11.8 Å². The maximum absolute atomic E-state index is 12.8. The van der Waals surface area contributed by atoms with Crippen molar-refractivity contribution in [1.29, 1.82) is 0 Å². The Balaban J connectivity index is 1.73. The van der Waals surface area contributed by atoms with Crippen molar-refractivity contribution < 1.29 is 34.8 Å². The van der Waals surface area contributed by atoms with Crippen LogP contribution in [0.4, 0.5) is 0 Å². The normalized spacial score (nSPS) is 56.6. The Bertz CT molecular complexity index is 876. The molecule has 5 rings (SSSR count). The van der Waals surface area contributed by atoms with Crippen LogP contribution in [0.1, 0.15) is 33.6 Å². The van der Waals surface area contributed by atoms with Crippen molar-refractivity contribution in [2.75, 3.05) is 6.61 Å². The van der Waals surface area contributed by atoms with E-state index < -0.39 is 51.9 Å². The molecule has 0 radical (unpaired) electrons. The lowest BCUT2D eigenvalue weighted by atomic mass is 9.59. The first-order valence-corrected chi connectivity index (χ1v) is 9.86. The zero-order chi connectivity index (χ0) is 20.4. The van der Waals surface area contributed by atoms with Gasteiger partial charge in [0.15, 0.2) is 5.78 Å². The fraction of sp³-hybridized carbons (Fsp3) is 0.714. The van der Waals surface area contributed by atoms with E-state index in [2.05, 4.69) is 0 Å². The minimum absolute atomic E-state index is 0.0707. The van der Waals surface area contributed by atoms with E-state index in [4.69, 9.17) is 4.74 Å². The molecule has 0 aromatic heterocycles. The average molecular weight is 390 g/mol. The predicted octanol–water partition coefficient (Wildman–Crippen LogP) is -0.135. The highest BCUT2D eigenvalue weighted by molar-refractivity contribution is 6.04. The summed E-state index contributed by atoms with van der Waals surface area (Å²) in [5, 5.41) is 44.5. The van der Waals surface area contributed by atoms with Crippen molar-refractivity contribution in [1.82, 2.24) is 0 Å². The Kier molecular flexibility index (Phi) is 3.27. The molecule has 9 atom stereocenters. The van der Waals surface area contributed by atoms with Gasteiger partial charge in [0.2, 0.25) is 0 Å². The number of ketones is 1. The van der Waals surface area contributed by atoms with Gasteiger partial charge in [-0.2, -0.15) is 0 Å². The van der Waals surface area contributed by atoms with Crippen LogP contribution in [0.15, 0.2) is 23.3 Å². The molecule has 0 aromatic rings. The van der Waals surface area contributed by atoms with Crippen molar-refractivity contribution in [3.8, 4) is 0 Å². The zero-order valence-electron chi connectivity index (χ0n) is 16.2. The molecule has 1 spiro atoms. The molecule has 152 valence electrons. The molecule has 2 unspecified atom stereocenters. The van der Waals surface area contributed by atoms with Gasteiger partial charge in [0.1, 0.15) is 11.2 Å². The van der Waals surface area contributed by atoms with E-state index in [9.17, 15) is 30.0 Å². The number of carbonyl (C=O) groups is 2. The van der Waals surface area contributed by atoms with E-state index in [1.165, 1.54) is 0 Å². The number of aliphatic hydroxyl groups is 4. The molecule has 3 fully saturated rings. The number of Topliss-reactive ketones (excluding diaryl/α,β-unsaturated/α-hetero) is 1. The molecule has 4 N–H and O–H groups in total. The van der Waals surface area contributed by atoms with Crippen LogP contribution < -0.4 is 0 Å². The Morgan fingerprint density at radius 2 is 1.89 bits per heavy atom. The molecule has 0 bridgehead atoms. The van der Waals surface area contributed by atoms with Crippen LogP contribution in [0.25, 0.3) is 0 Å². The van der Waals surface area contributed by atoms with E-state index in [-0.39, 0.29) is 31.3 Å². The predicted molar refractivity (Wildman–Crippen MR) is 95.6 cm³/mol. The molecule has 0 aromatic carbocycles. The summed E-state index contributed by atoms with van der Waals surface area (Å²) in [6.45, 7) is 4.82. The van der Waals surface area contributed by atoms with Crippen LogP contribution >= 0.6 is 0 Å². The van der Waals surface area contributed by atoms with Crippen molar-refractivity contribution in [2.45, 2.75) is 56.5 Å². The van der Waals surface area contributed by atoms with Gasteiger partial charge in [0, 0.05) is 35.5 Å². The molecule has 1 heterocycles. The van der Waals surface area contributed by atoms with Crippen LogP contribution in [0.2, 0.25) is 0 Å². The highest BCUT2D eigenvalue weighted by atomic mass is 16.6. The summed E-state index contributed by atoms with van der Waals surface area (Å²) in [7, 11) is 0. The third-order valence-corrected chi connectivity index (χ3v) is 8.58. The van der Waals surface area contributed by atoms with Crippen molar-refractivity contribution in [3.63, 3.8) is 0 Å². The molecular formula is C21H26O7. The number of esters is 1. The van der Waals surface area contributed by atoms with Gasteiger partial charge in [-0.05, 0) is 18.1 Å². The summed E-state index contributed by atoms with van der Waals surface area (Å²) < 4.78 is 5.66. The van der Waals surface area contributed by atoms with Crippen LogP contribution in [0, 0.1) is 29.1 Å². The first-order valence-electron chi connectivity index (χ1n) is 9.86. The van der Waals surface area contributed by atoms with Gasteiger partial charge >= 0.3 is 5.97 Å². The molecule has 28 heavy (non-hydrogen) atoms. The van der Waals surface area contributed by atoms with Crippen molar-refractivity contribution in [2.24, 2.45) is 29.1 Å². The topological polar surface area (TPSA) is 124 Å². The molecular weight excluding hydrogens is 364 g/mol. The lowest BCUT2D eigenvalue weighted by molar-refractivity contribution is -0.216. The number of ether oxygens (including phenoxy) is 1. The minimum Gasteiger partial charge on any atom is -0.455 e. The lowest BCUT2D eigenvalue weighted by Gasteiger charge is -2.52. The fourth-order valence-corrected chi connectivity index (χ4v) is 7.24. The Morgan fingerprint density at radius 1 is 1.21 bits per heavy atom. The Labute approximate surface area is 162 Å². The molecule has 1 saturated heterocycles. The van der Waals surface area contributed by atoms with Gasteiger partial charge in [-0.3, -0.25) is 9.59 Å². The van der Waals surface area contributed by atoms with Gasteiger partial charge in [-0.15, -0.1) is 0 Å². The number of carbonyl (C=O) groups excluding carboxylic acids is 2. The minimum atomic E-state index is -1.86. The first kappa shape index (κ1) is 18.5. The van der Waals surface area contributed by atoms with E-state index in [1.807, 2.05) is 6.92 Å². The molecule has 4 aliphatic carbocycles. The number of hydrogen-bond donors (Lipinski definition) is 4. The zero-order valence-corrected chi connectivity index (χ0v) is 16.2. The van der Waals surface area contributed by atoms with Crippen LogP contribution in [-0.2, 0) is 14.3 Å². The first-order chi connectivity index (χ1) is 13.0. The molecule has 7 heteroatoms. The summed E-state index contributed by atoms with van der Waals surface area (Å²) in [6.07, 6.45) is 2.32. The molecule has 7 nitrogen and oxygen atoms in total. The molecule has 1 aliphatic heterocycles. The van der Waals surface area contributed by atoms with Gasteiger partial charge in [0.25, 0.3) is 0 Å². The number of hydrogen-bond acceptors (Lipinski definition) is 7. The molecule has 0 amide bonds. The maximum atomic E-state index is 12.8. The highest BCUT2D eigenvalue weighted by Gasteiger charge is 2.90. The average Bonchev–Trinajstić information content (AvgIpc) is 2.93. The van der Waals surface area contributed by atoms with E-state index in [1.54, 1.807) is 26.0 Å². The summed E-state index contributed by atoms with van der Waals surface area (Å²) >= 11 is 0. The third-order valence-electron chi connectivity index (χ3n) is 8.58. The highest BCUT2D eigenvalue weighted by Crippen LogP contribution is 2.80. The van der Waals surface area contributed by atoms with E-state index in [0.29, 0.717) is 11.1 Å². The smallest absolute Gasteiger partial charge is 0.307 e. The second-order valence-electron chi connectivity index (χ2n) is 9.73. The summed E-state index contributed by atoms with van der Waals surface area (Å²) in [6, 6.07) is 0. The molecule has 5 aliphatic rings. The second-order valence-corrected chi connectivity index (χ2v) is 9.73. The summed E-state index contributed by atoms with van der Waals surface area (Å²) in [5.74, 6) is -3.41. The third kappa shape index (κ3) is 1.65. The number of rotatable bonds is 1. The summed E-state index contributed by atoms with van der Waals surface area (Å²) in [5.41, 5.74) is -4.33. The standard InChI is InChI=1S/C21H26O7/c1-9-4-13-19(26,16(9)24)6-11(8-22)5-12-15-18(3)7-14(23)28-21(15,18)17(25)10(2)20(12,13)27/h4-5,10,12-13,15,17,22,25-27H,6-8H2,1-3H3/t10-,12+,13?,15-,17-,18?,19-,20-,21-/m1/s1.